The Bertz CT molecular complexity index is 656. The zero-order valence-corrected chi connectivity index (χ0v) is 12.8. The number of methoxy groups -OCH3 is 1. The van der Waals surface area contributed by atoms with Crippen molar-refractivity contribution >= 4 is 21.8 Å². The van der Waals surface area contributed by atoms with Gasteiger partial charge in [-0.1, -0.05) is 11.6 Å². The molecule has 0 atom stereocenters. The van der Waals surface area contributed by atoms with Gasteiger partial charge in [0.15, 0.2) is 0 Å². The van der Waals surface area contributed by atoms with Crippen LogP contribution >= 0.6 is 15.9 Å². The molecule has 2 aromatic rings. The normalized spacial score (nSPS) is 10.2. The second-order valence-corrected chi connectivity index (χ2v) is 5.17. The van der Waals surface area contributed by atoms with Crippen molar-refractivity contribution in [3.8, 4) is 17.2 Å². The van der Waals surface area contributed by atoms with Gasteiger partial charge in [0.25, 0.3) is 0 Å². The molecule has 0 amide bonds. The number of aryl methyl sites for hydroxylation is 1. The van der Waals surface area contributed by atoms with Crippen LogP contribution in [-0.4, -0.2) is 12.9 Å². The minimum atomic E-state index is -0.0201. The minimum Gasteiger partial charge on any atom is -0.497 e. The molecular weight excluding hydrogens is 320 g/mol. The molecule has 2 aromatic carbocycles. The summed E-state index contributed by atoms with van der Waals surface area (Å²) in [5.74, 6) is 1.90. The van der Waals surface area contributed by atoms with Gasteiger partial charge in [0, 0.05) is 0 Å². The lowest BCUT2D eigenvalue weighted by molar-refractivity contribution is 0.412. The first-order valence-electron chi connectivity index (χ1n) is 5.97. The molecule has 104 valence electrons. The van der Waals surface area contributed by atoms with E-state index in [2.05, 4.69) is 15.9 Å². The van der Waals surface area contributed by atoms with Gasteiger partial charge in [-0.2, -0.15) is 0 Å². The highest BCUT2D eigenvalue weighted by molar-refractivity contribution is 9.10. The van der Waals surface area contributed by atoms with Gasteiger partial charge in [-0.3, -0.25) is 5.41 Å². The van der Waals surface area contributed by atoms with E-state index >= 15 is 0 Å². The molecule has 0 bridgehead atoms. The standard InChI is InChI=1S/C15H15BrN2O2/c1-9-3-5-13(11(7-9)15(17)18)20-14-6-4-10(19-2)8-12(14)16/h3-8H,1-2H3,(H3,17,18). The summed E-state index contributed by atoms with van der Waals surface area (Å²) in [6, 6.07) is 11.0. The third-order valence-corrected chi connectivity index (χ3v) is 3.40. The number of nitrogens with one attached hydrogen (secondary N) is 1. The Morgan fingerprint density at radius 2 is 1.85 bits per heavy atom. The van der Waals surface area contributed by atoms with E-state index in [1.807, 2.05) is 37.3 Å². The van der Waals surface area contributed by atoms with E-state index in [-0.39, 0.29) is 5.84 Å². The molecule has 0 spiro atoms. The van der Waals surface area contributed by atoms with Crippen molar-refractivity contribution in [1.82, 2.24) is 0 Å². The second-order valence-electron chi connectivity index (χ2n) is 4.31. The fourth-order valence-electron chi connectivity index (χ4n) is 1.75. The van der Waals surface area contributed by atoms with Crippen molar-refractivity contribution in [3.05, 3.63) is 52.0 Å². The van der Waals surface area contributed by atoms with Crippen LogP contribution in [0.2, 0.25) is 0 Å². The SMILES string of the molecule is COc1ccc(Oc2ccc(C)cc2C(=N)N)c(Br)c1. The second kappa shape index (κ2) is 5.96. The van der Waals surface area contributed by atoms with Crippen LogP contribution < -0.4 is 15.2 Å². The molecule has 0 saturated carbocycles. The summed E-state index contributed by atoms with van der Waals surface area (Å²) in [7, 11) is 1.61. The Kier molecular flexibility index (Phi) is 4.29. The summed E-state index contributed by atoms with van der Waals surface area (Å²) in [5.41, 5.74) is 7.19. The molecule has 5 heteroatoms. The number of rotatable bonds is 4. The number of nitrogens with two attached hydrogens (primary N) is 1. The first-order chi connectivity index (χ1) is 9.51. The van der Waals surface area contributed by atoms with Crippen LogP contribution in [0.25, 0.3) is 0 Å². The average Bonchev–Trinajstić information content (AvgIpc) is 2.42. The van der Waals surface area contributed by atoms with Crippen LogP contribution in [0.5, 0.6) is 17.2 Å². The van der Waals surface area contributed by atoms with Gasteiger partial charge >= 0.3 is 0 Å². The molecule has 0 aliphatic heterocycles. The fourth-order valence-corrected chi connectivity index (χ4v) is 2.19. The first kappa shape index (κ1) is 14.4. The first-order valence-corrected chi connectivity index (χ1v) is 6.77. The molecule has 0 aliphatic carbocycles. The maximum atomic E-state index is 7.62. The lowest BCUT2D eigenvalue weighted by Gasteiger charge is -2.13. The van der Waals surface area contributed by atoms with E-state index in [9.17, 15) is 0 Å². The lowest BCUT2D eigenvalue weighted by Crippen LogP contribution is -2.12. The average molecular weight is 335 g/mol. The molecule has 3 N–H and O–H groups in total. The van der Waals surface area contributed by atoms with E-state index < -0.39 is 0 Å². The van der Waals surface area contributed by atoms with Crippen molar-refractivity contribution in [3.63, 3.8) is 0 Å². The summed E-state index contributed by atoms with van der Waals surface area (Å²) < 4.78 is 11.7. The maximum absolute atomic E-state index is 7.62. The predicted octanol–water partition coefficient (Wildman–Crippen LogP) is 3.84. The van der Waals surface area contributed by atoms with Crippen LogP contribution in [0.4, 0.5) is 0 Å². The minimum absolute atomic E-state index is 0.0201. The van der Waals surface area contributed by atoms with E-state index in [0.717, 1.165) is 15.8 Å². The van der Waals surface area contributed by atoms with Crippen LogP contribution in [0.15, 0.2) is 40.9 Å². The van der Waals surface area contributed by atoms with Gasteiger partial charge in [0.2, 0.25) is 0 Å². The van der Waals surface area contributed by atoms with Crippen LogP contribution in [0.3, 0.4) is 0 Å². The molecular formula is C15H15BrN2O2. The van der Waals surface area contributed by atoms with Crippen molar-refractivity contribution in [1.29, 1.82) is 5.41 Å². The zero-order chi connectivity index (χ0) is 14.7. The number of halogens is 1. The summed E-state index contributed by atoms with van der Waals surface area (Å²) in [6.07, 6.45) is 0. The fraction of sp³-hybridized carbons (Fsp3) is 0.133. The number of amidine groups is 1. The van der Waals surface area contributed by atoms with Crippen LogP contribution in [0.1, 0.15) is 11.1 Å². The van der Waals surface area contributed by atoms with E-state index in [0.29, 0.717) is 17.1 Å². The number of ether oxygens (including phenoxy) is 2. The Labute approximate surface area is 126 Å². The highest BCUT2D eigenvalue weighted by atomic mass is 79.9. The third kappa shape index (κ3) is 3.11. The topological polar surface area (TPSA) is 68.3 Å². The van der Waals surface area contributed by atoms with Crippen LogP contribution in [0, 0.1) is 12.3 Å². The van der Waals surface area contributed by atoms with E-state index in [1.165, 1.54) is 0 Å². The van der Waals surface area contributed by atoms with Gasteiger partial charge in [-0.25, -0.2) is 0 Å². The highest BCUT2D eigenvalue weighted by Crippen LogP contribution is 2.34. The monoisotopic (exact) mass is 334 g/mol. The third-order valence-electron chi connectivity index (χ3n) is 2.78. The van der Waals surface area contributed by atoms with Gasteiger partial charge in [-0.05, 0) is 53.2 Å². The Hall–Kier alpha value is -2.01. The molecule has 2 rings (SSSR count). The van der Waals surface area contributed by atoms with Crippen molar-refractivity contribution in [2.75, 3.05) is 7.11 Å². The molecule has 0 heterocycles. The Morgan fingerprint density at radius 1 is 1.15 bits per heavy atom. The molecule has 20 heavy (non-hydrogen) atoms. The molecule has 0 fully saturated rings. The smallest absolute Gasteiger partial charge is 0.141 e. The largest absolute Gasteiger partial charge is 0.497 e. The molecule has 0 aromatic heterocycles. The number of hydrogen-bond acceptors (Lipinski definition) is 3. The van der Waals surface area contributed by atoms with Gasteiger partial charge in [0.1, 0.15) is 23.1 Å². The zero-order valence-electron chi connectivity index (χ0n) is 11.2. The molecule has 0 radical (unpaired) electrons. The van der Waals surface area contributed by atoms with Crippen molar-refractivity contribution in [2.45, 2.75) is 6.92 Å². The predicted molar refractivity (Wildman–Crippen MR) is 83.0 cm³/mol. The van der Waals surface area contributed by atoms with Crippen molar-refractivity contribution in [2.24, 2.45) is 5.73 Å². The number of hydrogen-bond donors (Lipinski definition) is 2. The molecule has 0 aliphatic rings. The summed E-state index contributed by atoms with van der Waals surface area (Å²) in [5, 5.41) is 7.62. The maximum Gasteiger partial charge on any atom is 0.141 e. The number of nitrogen functional groups attached to an aromatic ring is 1. The quantitative estimate of drug-likeness (QED) is 0.659. The summed E-state index contributed by atoms with van der Waals surface area (Å²) in [6.45, 7) is 1.94. The van der Waals surface area contributed by atoms with Gasteiger partial charge < -0.3 is 15.2 Å². The van der Waals surface area contributed by atoms with Crippen molar-refractivity contribution < 1.29 is 9.47 Å². The number of benzene rings is 2. The molecule has 4 nitrogen and oxygen atoms in total. The van der Waals surface area contributed by atoms with Gasteiger partial charge in [-0.15, -0.1) is 0 Å². The highest BCUT2D eigenvalue weighted by Gasteiger charge is 2.10. The molecule has 0 unspecified atom stereocenters. The summed E-state index contributed by atoms with van der Waals surface area (Å²) in [4.78, 5) is 0. The lowest BCUT2D eigenvalue weighted by atomic mass is 10.1. The van der Waals surface area contributed by atoms with E-state index in [1.54, 1.807) is 13.2 Å². The van der Waals surface area contributed by atoms with E-state index in [4.69, 9.17) is 20.6 Å². The summed E-state index contributed by atoms with van der Waals surface area (Å²) >= 11 is 3.43. The van der Waals surface area contributed by atoms with Crippen LogP contribution in [-0.2, 0) is 0 Å². The van der Waals surface area contributed by atoms with Gasteiger partial charge in [0.05, 0.1) is 17.1 Å². The Balaban J connectivity index is 2.37. The molecule has 0 saturated heterocycles. The Morgan fingerprint density at radius 3 is 2.45 bits per heavy atom.